The van der Waals surface area contributed by atoms with Crippen molar-refractivity contribution < 1.29 is 40.1 Å². The number of aromatic nitrogens is 18. The molecule has 0 saturated carbocycles. The predicted octanol–water partition coefficient (Wildman–Crippen LogP) is 23.9. The molecule has 26 aromatic rings. The second-order valence-corrected chi connectivity index (χ2v) is 39.3. The summed E-state index contributed by atoms with van der Waals surface area (Å²) in [5.74, 6) is 5.83. The number of nitrogens with zero attached hydrogens (tertiary/aromatic N) is 18. The molecule has 0 radical (unpaired) electrons. The van der Waals surface area contributed by atoms with Crippen LogP contribution in [0, 0.1) is 19.0 Å². The standard InChI is InChI=1S/C30H29N3O.C22H29N3O.C16H17N3O2.C16H17N3O.C15H11N3O2.C13H11N3O/c1-29(2,21-13-7-5-8-14-21)23-19-24(30(3,4)22-15-9-6-10-16-22)28(34)27(20-23)33-31-25-17-11-12-18-26(25)32(31)33;1-7-21(3,4)15-13-16(22(5,6)8-2)20(26)19(14-15)25-23-17-11-9-10-12-18(17)24(23)25;1-2-3-10-21-12-8-9-16(20)15(11-12)19-17-13-6-4-5-7-14(13)18(17)19;1-16(2,3)11-8-9-15(20)14(10-11)19-17-12-6-4-5-7-13(12)18(17)19;1-2-9-20-11-7-8-15(19)14(10-11)18-16-12-5-3-4-6-13(12)17(16)18;1-9-6-7-13(17)12(8-9)16-14-10-4-2-3-5-11(10)15(14)16/h5-20,34H,1-4H3;9-14,26H,7-8H2,1-6H3;4-9,11,20H,2-3,10H2,1H3;4-10,20H,1-3H3;3-8,10,19H,1H3;2-8,17H,1H3. The molecule has 0 saturated heterocycles. The van der Waals surface area contributed by atoms with Gasteiger partial charge in [0.1, 0.15) is 152 Å². The van der Waals surface area contributed by atoms with Gasteiger partial charge in [0.25, 0.3) is 0 Å². The zero-order chi connectivity index (χ0) is 96.2. The van der Waals surface area contributed by atoms with Crippen molar-refractivity contribution in [2.24, 2.45) is 0 Å². The molecule has 0 fully saturated rings. The number of para-hydroxylation sites is 12. The summed E-state index contributed by atoms with van der Waals surface area (Å²) >= 11 is 0. The van der Waals surface area contributed by atoms with E-state index in [0.717, 1.165) is 110 Å². The van der Waals surface area contributed by atoms with Crippen molar-refractivity contribution in [1.82, 2.24) is 84.3 Å². The molecule has 0 unspecified atom stereocenters. The van der Waals surface area contributed by atoms with Crippen LogP contribution in [-0.4, -0.2) is 122 Å². The minimum Gasteiger partial charge on any atom is -0.506 e. The highest BCUT2D eigenvalue weighted by atomic mass is 16.5. The Kier molecular flexibility index (Phi) is 21.0. The van der Waals surface area contributed by atoms with E-state index in [9.17, 15) is 30.6 Å². The van der Waals surface area contributed by atoms with E-state index in [2.05, 4.69) is 304 Å². The Hall–Kier alpha value is -16.6. The van der Waals surface area contributed by atoms with E-state index >= 15 is 0 Å². The second-order valence-electron chi connectivity index (χ2n) is 39.3. The van der Waals surface area contributed by atoms with Gasteiger partial charge in [0.05, 0.1) is 6.61 Å². The third-order valence-electron chi connectivity index (χ3n) is 28.0. The van der Waals surface area contributed by atoms with Crippen LogP contribution in [-0.2, 0) is 27.1 Å². The smallest absolute Gasteiger partial charge is 0.147 e. The summed E-state index contributed by atoms with van der Waals surface area (Å²) in [5.41, 5.74) is 27.2. The van der Waals surface area contributed by atoms with Crippen molar-refractivity contribution in [2.75, 3.05) is 6.61 Å². The minimum absolute atomic E-state index is 0.0631. The number of aromatic hydroxyl groups is 6. The number of hydrogen-bond acceptors (Lipinski definition) is 8. The summed E-state index contributed by atoms with van der Waals surface area (Å²) < 4.78 is 35.5. The van der Waals surface area contributed by atoms with Crippen LogP contribution in [0.15, 0.2) is 303 Å². The molecule has 0 bridgehead atoms. The molecule has 12 heterocycles. The Balaban J connectivity index is 0.000000100. The first-order valence-electron chi connectivity index (χ1n) is 47.2. The number of ether oxygens (including phenoxy) is 2. The number of rotatable bonds is 19. The molecule has 6 N–H and O–H groups in total. The molecule has 26 rings (SSSR count). The maximum absolute atomic E-state index is 11.7. The van der Waals surface area contributed by atoms with Gasteiger partial charge in [-0.1, -0.05) is 267 Å². The third kappa shape index (κ3) is 14.6. The summed E-state index contributed by atoms with van der Waals surface area (Å²) in [5, 5.41) is 63.1. The summed E-state index contributed by atoms with van der Waals surface area (Å²) in [6.45, 7) is 35.4. The molecule has 14 aromatic carbocycles. The van der Waals surface area contributed by atoms with Crippen LogP contribution in [0.1, 0.15) is 174 Å². The first kappa shape index (κ1) is 88.1. The average molecular weight is 1840 g/mol. The van der Waals surface area contributed by atoms with Crippen LogP contribution in [0.4, 0.5) is 0 Å². The van der Waals surface area contributed by atoms with Crippen molar-refractivity contribution in [3.63, 3.8) is 0 Å². The molecule has 700 valence electrons. The summed E-state index contributed by atoms with van der Waals surface area (Å²) in [6, 6.07) is 101. The molecular formula is C112H114N18O8. The fourth-order valence-corrected chi connectivity index (χ4v) is 18.6. The Morgan fingerprint density at radius 3 is 0.935 bits per heavy atom. The molecule has 0 aliphatic rings. The van der Waals surface area contributed by atoms with Gasteiger partial charge < -0.3 is 40.1 Å². The van der Waals surface area contributed by atoms with Crippen molar-refractivity contribution in [3.8, 4) is 92.1 Å². The van der Waals surface area contributed by atoms with Crippen LogP contribution in [0.25, 0.3) is 100 Å². The third-order valence-corrected chi connectivity index (χ3v) is 28.0. The van der Waals surface area contributed by atoms with Gasteiger partial charge in [-0.2, -0.15) is 0 Å². The second kappa shape index (κ2) is 32.9. The molecule has 0 amide bonds. The van der Waals surface area contributed by atoms with E-state index in [-0.39, 0.29) is 38.6 Å². The molecule has 0 atom stereocenters. The van der Waals surface area contributed by atoms with Crippen molar-refractivity contribution >= 4 is 66.2 Å². The van der Waals surface area contributed by atoms with Crippen molar-refractivity contribution in [3.05, 3.63) is 348 Å². The zero-order valence-electron chi connectivity index (χ0n) is 80.5. The van der Waals surface area contributed by atoms with Crippen LogP contribution < -0.4 is 9.47 Å². The zero-order valence-corrected chi connectivity index (χ0v) is 80.5. The molecule has 12 aromatic heterocycles. The monoisotopic (exact) mass is 1840 g/mol. The van der Waals surface area contributed by atoms with E-state index in [1.165, 1.54) is 60.9 Å². The normalized spacial score (nSPS) is 12.5. The number of aryl methyl sites for hydroxylation is 1. The number of phenols is 6. The number of fused-ring (bicyclic) bond motifs is 24. The van der Waals surface area contributed by atoms with Gasteiger partial charge in [-0.15, -0.1) is 84.3 Å². The topological polar surface area (TPSA) is 222 Å². The molecule has 138 heavy (non-hydrogen) atoms. The van der Waals surface area contributed by atoms with Gasteiger partial charge >= 0.3 is 0 Å². The maximum Gasteiger partial charge on any atom is 0.147 e. The molecular weight excluding hydrogens is 1730 g/mol. The summed E-state index contributed by atoms with van der Waals surface area (Å²) in [6.07, 6.45) is 6.71. The lowest BCUT2D eigenvalue weighted by molar-refractivity contribution is 0.308. The van der Waals surface area contributed by atoms with Gasteiger partial charge in [0.2, 0.25) is 0 Å². The number of unbranched alkanes of at least 4 members (excludes halogenated alkanes) is 1. The van der Waals surface area contributed by atoms with Gasteiger partial charge in [-0.25, -0.2) is 0 Å². The quantitative estimate of drug-likeness (QED) is 0.0337. The fourth-order valence-electron chi connectivity index (χ4n) is 18.6. The van der Waals surface area contributed by atoms with Crippen LogP contribution >= 0.6 is 0 Å². The van der Waals surface area contributed by atoms with Crippen molar-refractivity contribution in [1.29, 1.82) is 0 Å². The van der Waals surface area contributed by atoms with Gasteiger partial charge in [-0.05, 0) is 209 Å². The molecule has 0 spiro atoms. The summed E-state index contributed by atoms with van der Waals surface area (Å²) in [4.78, 5) is 11.9. The van der Waals surface area contributed by atoms with E-state index in [4.69, 9.17) is 9.47 Å². The Morgan fingerprint density at radius 1 is 0.275 bits per heavy atom. The maximum atomic E-state index is 11.7. The van der Waals surface area contributed by atoms with Gasteiger partial charge in [-0.3, -0.25) is 0 Å². The Bertz CT molecular complexity index is 8600. The lowest BCUT2D eigenvalue weighted by atomic mass is 9.72. The lowest BCUT2D eigenvalue weighted by Gasteiger charge is -2.32. The van der Waals surface area contributed by atoms with Gasteiger partial charge in [0.15, 0.2) is 0 Å². The average Bonchev–Trinajstić information content (AvgIpc) is 1.51. The number of benzene rings is 14. The lowest BCUT2D eigenvalue weighted by Crippen LogP contribution is -2.24. The number of phenolic OH excluding ortho intramolecular Hbond substituents is 6. The highest BCUT2D eigenvalue weighted by molar-refractivity contribution is 5.84. The predicted molar refractivity (Wildman–Crippen MR) is 545 cm³/mol. The minimum atomic E-state index is -0.380. The molecule has 0 aliphatic carbocycles. The van der Waals surface area contributed by atoms with Crippen LogP contribution in [0.3, 0.4) is 0 Å². The Labute approximate surface area is 796 Å². The summed E-state index contributed by atoms with van der Waals surface area (Å²) in [7, 11) is 0. The molecule has 0 aliphatic heterocycles. The Morgan fingerprint density at radius 2 is 0.572 bits per heavy atom. The van der Waals surface area contributed by atoms with Gasteiger partial charge in [0, 0.05) is 41.0 Å². The van der Waals surface area contributed by atoms with Crippen LogP contribution in [0.5, 0.6) is 46.0 Å². The highest BCUT2D eigenvalue weighted by Crippen LogP contribution is 2.48. The first-order chi connectivity index (χ1) is 66.4. The molecule has 26 nitrogen and oxygen atoms in total. The van der Waals surface area contributed by atoms with E-state index in [1.54, 1.807) is 49.4 Å². The van der Waals surface area contributed by atoms with E-state index < -0.39 is 0 Å². The fraction of sp³-hybridized carbons (Fsp3) is 0.232. The SMILES string of the molecule is CC#COc1ccc(O)c(-n2n3c4ccccc4n23)c1.CC(C)(C)c1ccc(O)c(-n2n3c4ccccc4n23)c1.CC(C)(c1ccccc1)c1cc(-n2n3c4ccccc4n23)c(O)c(C(C)(C)c2ccccc2)c1.CCC(C)(C)c1cc(-n2n3c4ccccc4n23)c(O)c(C(C)(C)CC)c1.CCCCOc1ccc(O)c(-n2n3c4ccccc4n23)c1.Cc1ccc(O)c(-n2n3c4ccccc4n23)c1. The molecule has 26 heteroatoms. The van der Waals surface area contributed by atoms with E-state index in [0.29, 0.717) is 41.0 Å². The highest BCUT2D eigenvalue weighted by Gasteiger charge is 2.39. The first-order valence-corrected chi connectivity index (χ1v) is 47.2. The largest absolute Gasteiger partial charge is 0.506 e. The van der Waals surface area contributed by atoms with Crippen molar-refractivity contribution in [2.45, 2.75) is 164 Å². The van der Waals surface area contributed by atoms with E-state index in [1.807, 2.05) is 157 Å². The van der Waals surface area contributed by atoms with Crippen LogP contribution in [0.2, 0.25) is 0 Å². The number of hydrogen-bond donors (Lipinski definition) is 6.